The summed E-state index contributed by atoms with van der Waals surface area (Å²) in [5.41, 5.74) is 8.12. The number of carbonyl (C=O) groups excluding carboxylic acids is 1. The van der Waals surface area contributed by atoms with Crippen molar-refractivity contribution < 1.29 is 9.53 Å². The van der Waals surface area contributed by atoms with Crippen LogP contribution in [0, 0.1) is 0 Å². The average Bonchev–Trinajstić information content (AvgIpc) is 2.84. The molecule has 1 heterocycles. The van der Waals surface area contributed by atoms with Crippen LogP contribution >= 0.6 is 0 Å². The van der Waals surface area contributed by atoms with Crippen LogP contribution in [0.25, 0.3) is 0 Å². The Bertz CT molecular complexity index is 607. The highest BCUT2D eigenvalue weighted by Crippen LogP contribution is 2.14. The third kappa shape index (κ3) is 2.90. The molecular formula is C14H18N4O2. The molecule has 0 fully saturated rings. The van der Waals surface area contributed by atoms with Gasteiger partial charge in [-0.25, -0.2) is 9.78 Å². The lowest BCUT2D eigenvalue weighted by molar-refractivity contribution is 0.0601. The van der Waals surface area contributed by atoms with E-state index in [2.05, 4.69) is 10.3 Å². The second-order valence-corrected chi connectivity index (χ2v) is 4.28. The lowest BCUT2D eigenvalue weighted by Gasteiger charge is -2.10. The Balaban J connectivity index is 2.09. The van der Waals surface area contributed by atoms with Gasteiger partial charge in [-0.3, -0.25) is 0 Å². The molecule has 6 heteroatoms. The van der Waals surface area contributed by atoms with E-state index in [4.69, 9.17) is 10.5 Å². The number of benzene rings is 1. The predicted octanol–water partition coefficient (Wildman–Crippen LogP) is 1.88. The fourth-order valence-corrected chi connectivity index (χ4v) is 2.00. The summed E-state index contributed by atoms with van der Waals surface area (Å²) in [6, 6.07) is 7.16. The molecule has 106 valence electrons. The molecule has 0 radical (unpaired) electrons. The highest BCUT2D eigenvalue weighted by molar-refractivity contribution is 5.90. The van der Waals surface area contributed by atoms with E-state index >= 15 is 0 Å². The molecule has 20 heavy (non-hydrogen) atoms. The van der Waals surface area contributed by atoms with Gasteiger partial charge in [0.25, 0.3) is 0 Å². The molecular weight excluding hydrogens is 256 g/mol. The monoisotopic (exact) mass is 274 g/mol. The summed E-state index contributed by atoms with van der Waals surface area (Å²) in [5.74, 6) is 0.157. The number of nitrogens with two attached hydrogens (primary N) is 1. The summed E-state index contributed by atoms with van der Waals surface area (Å²) in [4.78, 5) is 15.5. The molecule has 0 atom stereocenters. The fraction of sp³-hybridized carbons (Fsp3) is 0.286. The van der Waals surface area contributed by atoms with E-state index in [-0.39, 0.29) is 5.97 Å². The number of anilines is 2. The summed E-state index contributed by atoms with van der Waals surface area (Å²) in [6.07, 6.45) is 1.75. The topological polar surface area (TPSA) is 82.2 Å². The zero-order valence-electron chi connectivity index (χ0n) is 11.6. The fourth-order valence-electron chi connectivity index (χ4n) is 2.00. The van der Waals surface area contributed by atoms with Gasteiger partial charge in [0.05, 0.1) is 31.1 Å². The Labute approximate surface area is 117 Å². The molecule has 1 aromatic carbocycles. The van der Waals surface area contributed by atoms with Crippen molar-refractivity contribution in [1.29, 1.82) is 0 Å². The number of imidazole rings is 1. The zero-order valence-corrected chi connectivity index (χ0v) is 11.6. The van der Waals surface area contributed by atoms with Crippen molar-refractivity contribution in [2.75, 3.05) is 18.2 Å². The van der Waals surface area contributed by atoms with Gasteiger partial charge in [0, 0.05) is 12.2 Å². The van der Waals surface area contributed by atoms with E-state index in [0.717, 1.165) is 17.9 Å². The van der Waals surface area contributed by atoms with Gasteiger partial charge < -0.3 is 20.4 Å². The summed E-state index contributed by atoms with van der Waals surface area (Å²) in [7, 11) is 1.37. The van der Waals surface area contributed by atoms with Gasteiger partial charge in [0.1, 0.15) is 0 Å². The van der Waals surface area contributed by atoms with Crippen LogP contribution in [0.15, 0.2) is 30.5 Å². The Kier molecular flexibility index (Phi) is 4.24. The molecule has 0 spiro atoms. The van der Waals surface area contributed by atoms with Crippen molar-refractivity contribution in [2.24, 2.45) is 0 Å². The van der Waals surface area contributed by atoms with Gasteiger partial charge in [-0.1, -0.05) is 6.07 Å². The highest BCUT2D eigenvalue weighted by atomic mass is 16.5. The van der Waals surface area contributed by atoms with Crippen molar-refractivity contribution in [3.05, 3.63) is 41.7 Å². The molecule has 3 N–H and O–H groups in total. The zero-order chi connectivity index (χ0) is 14.5. The Morgan fingerprint density at radius 1 is 1.50 bits per heavy atom. The maximum absolute atomic E-state index is 11.5. The summed E-state index contributed by atoms with van der Waals surface area (Å²) in [5, 5.41) is 3.24. The molecule has 0 saturated carbocycles. The van der Waals surface area contributed by atoms with Crippen LogP contribution in [0.3, 0.4) is 0 Å². The van der Waals surface area contributed by atoms with E-state index in [9.17, 15) is 4.79 Å². The maximum atomic E-state index is 11.5. The second kappa shape index (κ2) is 6.10. The molecule has 0 aliphatic carbocycles. The van der Waals surface area contributed by atoms with Crippen LogP contribution in [0.4, 0.5) is 11.6 Å². The summed E-state index contributed by atoms with van der Waals surface area (Å²) < 4.78 is 6.62. The summed E-state index contributed by atoms with van der Waals surface area (Å²) in [6.45, 7) is 3.37. The van der Waals surface area contributed by atoms with Crippen LogP contribution < -0.4 is 11.1 Å². The van der Waals surface area contributed by atoms with E-state index in [1.807, 2.05) is 17.6 Å². The highest BCUT2D eigenvalue weighted by Gasteiger charge is 2.07. The largest absolute Gasteiger partial charge is 0.465 e. The molecule has 2 aromatic rings. The number of nitrogen functional groups attached to an aromatic ring is 1. The predicted molar refractivity (Wildman–Crippen MR) is 77.4 cm³/mol. The van der Waals surface area contributed by atoms with Crippen molar-refractivity contribution >= 4 is 17.6 Å². The number of nitrogens with zero attached hydrogens (tertiary/aromatic N) is 2. The smallest absolute Gasteiger partial charge is 0.337 e. The number of nitrogens with one attached hydrogen (secondary N) is 1. The minimum atomic E-state index is -0.350. The molecule has 2 rings (SSSR count). The standard InChI is InChI=1S/C14H18N4O2/c1-3-18-12(9-17-14(18)15)8-16-11-6-4-5-10(7-11)13(19)20-2/h4-7,9,16H,3,8H2,1-2H3,(H2,15,17). The first-order valence-corrected chi connectivity index (χ1v) is 6.37. The van der Waals surface area contributed by atoms with Gasteiger partial charge in [-0.2, -0.15) is 0 Å². The first-order chi connectivity index (χ1) is 9.65. The van der Waals surface area contributed by atoms with Crippen molar-refractivity contribution in [2.45, 2.75) is 20.0 Å². The Morgan fingerprint density at radius 3 is 3.00 bits per heavy atom. The lowest BCUT2D eigenvalue weighted by atomic mass is 10.2. The normalized spacial score (nSPS) is 10.3. The van der Waals surface area contributed by atoms with Crippen LogP contribution in [0.2, 0.25) is 0 Å². The van der Waals surface area contributed by atoms with Crippen molar-refractivity contribution in [3.8, 4) is 0 Å². The number of aromatic nitrogens is 2. The quantitative estimate of drug-likeness (QED) is 0.813. The SMILES string of the molecule is CCn1c(CNc2cccc(C(=O)OC)c2)cnc1N. The van der Waals surface area contributed by atoms with Crippen molar-refractivity contribution in [3.63, 3.8) is 0 Å². The average molecular weight is 274 g/mol. The number of hydrogen-bond acceptors (Lipinski definition) is 5. The van der Waals surface area contributed by atoms with Gasteiger partial charge in [0.15, 0.2) is 5.95 Å². The Hall–Kier alpha value is -2.50. The van der Waals surface area contributed by atoms with Gasteiger partial charge >= 0.3 is 5.97 Å². The molecule has 1 aromatic heterocycles. The van der Waals surface area contributed by atoms with E-state index < -0.39 is 0 Å². The number of rotatable bonds is 5. The van der Waals surface area contributed by atoms with Crippen LogP contribution in [-0.4, -0.2) is 22.6 Å². The molecule has 0 bridgehead atoms. The first kappa shape index (κ1) is 13.9. The maximum Gasteiger partial charge on any atom is 0.337 e. The number of methoxy groups -OCH3 is 1. The van der Waals surface area contributed by atoms with E-state index in [0.29, 0.717) is 18.1 Å². The molecule has 0 aliphatic rings. The third-order valence-corrected chi connectivity index (χ3v) is 3.04. The number of carbonyl (C=O) groups is 1. The first-order valence-electron chi connectivity index (χ1n) is 6.37. The number of ether oxygens (including phenoxy) is 1. The molecule has 0 saturated heterocycles. The van der Waals surface area contributed by atoms with E-state index in [1.54, 1.807) is 24.4 Å². The van der Waals surface area contributed by atoms with Gasteiger partial charge in [-0.05, 0) is 25.1 Å². The number of esters is 1. The lowest BCUT2D eigenvalue weighted by Crippen LogP contribution is -2.09. The minimum Gasteiger partial charge on any atom is -0.465 e. The van der Waals surface area contributed by atoms with Crippen LogP contribution in [0.1, 0.15) is 23.0 Å². The molecule has 6 nitrogen and oxygen atoms in total. The van der Waals surface area contributed by atoms with Crippen LogP contribution in [0.5, 0.6) is 0 Å². The second-order valence-electron chi connectivity index (χ2n) is 4.28. The molecule has 0 aliphatic heterocycles. The van der Waals surface area contributed by atoms with Crippen LogP contribution in [-0.2, 0) is 17.8 Å². The number of hydrogen-bond donors (Lipinski definition) is 2. The Morgan fingerprint density at radius 2 is 2.30 bits per heavy atom. The van der Waals surface area contributed by atoms with Gasteiger partial charge in [0.2, 0.25) is 0 Å². The van der Waals surface area contributed by atoms with Crippen molar-refractivity contribution in [1.82, 2.24) is 9.55 Å². The molecule has 0 amide bonds. The minimum absolute atomic E-state index is 0.350. The molecule has 0 unspecified atom stereocenters. The summed E-state index contributed by atoms with van der Waals surface area (Å²) >= 11 is 0. The third-order valence-electron chi connectivity index (χ3n) is 3.04. The van der Waals surface area contributed by atoms with Gasteiger partial charge in [-0.15, -0.1) is 0 Å². The van der Waals surface area contributed by atoms with E-state index in [1.165, 1.54) is 7.11 Å².